The van der Waals surface area contributed by atoms with Crippen LogP contribution in [0.1, 0.15) is 26.6 Å². The summed E-state index contributed by atoms with van der Waals surface area (Å²) in [6.07, 6.45) is 1.92. The highest BCUT2D eigenvalue weighted by Gasteiger charge is 2.11. The lowest BCUT2D eigenvalue weighted by atomic mass is 10.2. The number of aryl methyl sites for hydroxylation is 1. The molecule has 2 aromatic heterocycles. The van der Waals surface area contributed by atoms with Crippen molar-refractivity contribution in [2.75, 3.05) is 0 Å². The van der Waals surface area contributed by atoms with Gasteiger partial charge in [-0.15, -0.1) is 11.3 Å². The predicted octanol–water partition coefficient (Wildman–Crippen LogP) is 4.62. The normalized spacial score (nSPS) is 11.4. The number of benzene rings is 2. The van der Waals surface area contributed by atoms with Crippen LogP contribution in [0.3, 0.4) is 0 Å². The van der Waals surface area contributed by atoms with Gasteiger partial charge in [0, 0.05) is 18.1 Å². The van der Waals surface area contributed by atoms with Crippen molar-refractivity contribution in [3.63, 3.8) is 0 Å². The summed E-state index contributed by atoms with van der Waals surface area (Å²) >= 11 is 1.39. The predicted molar refractivity (Wildman–Crippen MR) is 117 cm³/mol. The molecule has 0 aliphatic rings. The molecule has 2 aromatic carbocycles. The molecule has 0 N–H and O–H groups in total. The zero-order valence-corrected chi connectivity index (χ0v) is 17.4. The number of hydrogen-bond acceptors (Lipinski definition) is 4. The molecule has 1 amide bonds. The highest BCUT2D eigenvalue weighted by atomic mass is 32.1. The highest BCUT2D eigenvalue weighted by molar-refractivity contribution is 7.09. The lowest BCUT2D eigenvalue weighted by Gasteiger charge is -2.07. The molecule has 6 heteroatoms. The van der Waals surface area contributed by atoms with Gasteiger partial charge in [0.1, 0.15) is 28.5 Å². The van der Waals surface area contributed by atoms with E-state index in [0.29, 0.717) is 24.3 Å². The van der Waals surface area contributed by atoms with Crippen molar-refractivity contribution in [2.45, 2.75) is 20.1 Å². The topological polar surface area (TPSA) is 56.5 Å². The summed E-state index contributed by atoms with van der Waals surface area (Å²) in [7, 11) is 0. The standard InChI is InChI=1S/C24H21N3O2S/c1-18-10-12-20(13-11-18)29-16-23-25-21(17-30-23)24(28)26-22-9-5-6-14-27(22)15-19-7-3-2-4-8-19/h2-14,17H,15-16H2,1H3. The van der Waals surface area contributed by atoms with Gasteiger partial charge in [0.25, 0.3) is 5.91 Å². The van der Waals surface area contributed by atoms with Gasteiger partial charge in [0.05, 0.1) is 0 Å². The minimum atomic E-state index is -0.360. The molecule has 0 aliphatic carbocycles. The van der Waals surface area contributed by atoms with Crippen LogP contribution in [0.5, 0.6) is 5.75 Å². The molecule has 0 bridgehead atoms. The molecule has 4 rings (SSSR count). The van der Waals surface area contributed by atoms with Crippen LogP contribution in [-0.2, 0) is 13.2 Å². The molecular formula is C24H21N3O2S. The summed E-state index contributed by atoms with van der Waals surface area (Å²) in [6.45, 7) is 2.99. The van der Waals surface area contributed by atoms with Gasteiger partial charge >= 0.3 is 0 Å². The largest absolute Gasteiger partial charge is 0.486 e. The van der Waals surface area contributed by atoms with Gasteiger partial charge in [-0.1, -0.05) is 54.1 Å². The van der Waals surface area contributed by atoms with E-state index >= 15 is 0 Å². The molecule has 4 aromatic rings. The Morgan fingerprint density at radius 3 is 2.60 bits per heavy atom. The zero-order valence-electron chi connectivity index (χ0n) is 16.6. The number of carbonyl (C=O) groups is 1. The summed E-state index contributed by atoms with van der Waals surface area (Å²) < 4.78 is 7.69. The van der Waals surface area contributed by atoms with Crippen LogP contribution in [0.4, 0.5) is 0 Å². The Hall–Kier alpha value is -3.51. The van der Waals surface area contributed by atoms with Gasteiger partial charge in [-0.05, 0) is 36.8 Å². The molecule has 0 unspecified atom stereocenters. The van der Waals surface area contributed by atoms with E-state index in [9.17, 15) is 4.79 Å². The third-order valence-electron chi connectivity index (χ3n) is 4.48. The molecule has 0 aliphatic heterocycles. The van der Waals surface area contributed by atoms with Crippen LogP contribution in [0.2, 0.25) is 0 Å². The van der Waals surface area contributed by atoms with Crippen molar-refractivity contribution >= 4 is 17.2 Å². The number of amides is 1. The van der Waals surface area contributed by atoms with E-state index in [0.717, 1.165) is 16.3 Å². The van der Waals surface area contributed by atoms with Gasteiger partial charge in [-0.2, -0.15) is 4.99 Å². The summed E-state index contributed by atoms with van der Waals surface area (Å²) in [4.78, 5) is 21.4. The van der Waals surface area contributed by atoms with Crippen LogP contribution in [0, 0.1) is 6.92 Å². The maximum absolute atomic E-state index is 12.7. The number of pyridine rings is 1. The van der Waals surface area contributed by atoms with Gasteiger partial charge in [-0.25, -0.2) is 4.98 Å². The molecule has 0 fully saturated rings. The molecule has 0 saturated carbocycles. The fourth-order valence-electron chi connectivity index (χ4n) is 2.90. The zero-order chi connectivity index (χ0) is 20.8. The first-order valence-corrected chi connectivity index (χ1v) is 10.5. The Bertz CT molecular complexity index is 1190. The molecule has 2 heterocycles. The van der Waals surface area contributed by atoms with Crippen LogP contribution in [0.25, 0.3) is 0 Å². The van der Waals surface area contributed by atoms with E-state index in [1.54, 1.807) is 5.38 Å². The Balaban J connectivity index is 1.48. The van der Waals surface area contributed by atoms with Gasteiger partial charge in [0.15, 0.2) is 0 Å². The number of ether oxygens (including phenoxy) is 1. The Morgan fingerprint density at radius 1 is 1.03 bits per heavy atom. The summed E-state index contributed by atoms with van der Waals surface area (Å²) in [5.41, 5.74) is 3.24. The van der Waals surface area contributed by atoms with Crippen molar-refractivity contribution in [3.8, 4) is 5.75 Å². The molecular weight excluding hydrogens is 394 g/mol. The van der Waals surface area contributed by atoms with Gasteiger partial charge < -0.3 is 9.30 Å². The number of nitrogens with zero attached hydrogens (tertiary/aromatic N) is 3. The van der Waals surface area contributed by atoms with Crippen molar-refractivity contribution < 1.29 is 9.53 Å². The van der Waals surface area contributed by atoms with Crippen LogP contribution < -0.4 is 10.2 Å². The van der Waals surface area contributed by atoms with Crippen LogP contribution in [-0.4, -0.2) is 15.5 Å². The van der Waals surface area contributed by atoms with Crippen LogP contribution >= 0.6 is 11.3 Å². The molecule has 5 nitrogen and oxygen atoms in total. The minimum Gasteiger partial charge on any atom is -0.486 e. The van der Waals surface area contributed by atoms with Gasteiger partial charge in [-0.3, -0.25) is 4.79 Å². The number of thiazole rings is 1. The Labute approximate surface area is 179 Å². The Morgan fingerprint density at radius 2 is 1.80 bits per heavy atom. The molecule has 30 heavy (non-hydrogen) atoms. The van der Waals surface area contributed by atoms with E-state index in [1.807, 2.05) is 90.5 Å². The molecule has 0 atom stereocenters. The highest BCUT2D eigenvalue weighted by Crippen LogP contribution is 2.16. The van der Waals surface area contributed by atoms with Crippen molar-refractivity contribution in [3.05, 3.63) is 112 Å². The lowest BCUT2D eigenvalue weighted by molar-refractivity contribution is 0.0992. The second kappa shape index (κ2) is 9.33. The van der Waals surface area contributed by atoms with Crippen LogP contribution in [0.15, 0.2) is 89.4 Å². The number of rotatable bonds is 6. The first-order valence-electron chi connectivity index (χ1n) is 9.60. The van der Waals surface area contributed by atoms with Crippen molar-refractivity contribution in [1.82, 2.24) is 9.55 Å². The lowest BCUT2D eigenvalue weighted by Crippen LogP contribution is -2.22. The summed E-state index contributed by atoms with van der Waals surface area (Å²) in [5, 5.41) is 2.46. The number of hydrogen-bond donors (Lipinski definition) is 0. The van der Waals surface area contributed by atoms with Crippen molar-refractivity contribution in [1.29, 1.82) is 0 Å². The van der Waals surface area contributed by atoms with E-state index in [2.05, 4.69) is 9.98 Å². The molecule has 0 saturated heterocycles. The second-order valence-corrected chi connectivity index (χ2v) is 7.76. The first kappa shape index (κ1) is 19.8. The monoisotopic (exact) mass is 415 g/mol. The smallest absolute Gasteiger partial charge is 0.298 e. The third kappa shape index (κ3) is 5.10. The SMILES string of the molecule is Cc1ccc(OCc2nc(C(=O)N=c3ccccn3Cc3ccccc3)cs2)cc1. The van der Waals surface area contributed by atoms with Crippen molar-refractivity contribution in [2.24, 2.45) is 4.99 Å². The van der Waals surface area contributed by atoms with E-state index in [4.69, 9.17) is 4.74 Å². The maximum Gasteiger partial charge on any atom is 0.298 e. The molecule has 0 spiro atoms. The second-order valence-electron chi connectivity index (χ2n) is 6.82. The average molecular weight is 416 g/mol. The fourth-order valence-corrected chi connectivity index (χ4v) is 3.58. The average Bonchev–Trinajstić information content (AvgIpc) is 3.25. The number of aromatic nitrogens is 2. The fraction of sp³-hybridized carbons (Fsp3) is 0.125. The van der Waals surface area contributed by atoms with E-state index in [1.165, 1.54) is 16.9 Å². The quantitative estimate of drug-likeness (QED) is 0.462. The van der Waals surface area contributed by atoms with Gasteiger partial charge in [0.2, 0.25) is 0 Å². The summed E-state index contributed by atoms with van der Waals surface area (Å²) in [5.74, 6) is 0.417. The molecule has 0 radical (unpaired) electrons. The number of carbonyl (C=O) groups excluding carboxylic acids is 1. The van der Waals surface area contributed by atoms with E-state index < -0.39 is 0 Å². The first-order chi connectivity index (χ1) is 14.7. The summed E-state index contributed by atoms with van der Waals surface area (Å²) in [6, 6.07) is 23.5. The molecule has 150 valence electrons. The Kier molecular flexibility index (Phi) is 6.15. The van der Waals surface area contributed by atoms with E-state index in [-0.39, 0.29) is 5.91 Å². The maximum atomic E-state index is 12.7. The minimum absolute atomic E-state index is 0.320. The third-order valence-corrected chi connectivity index (χ3v) is 5.31.